The molecular weight excluding hydrogens is 552 g/mol. The fourth-order valence-corrected chi connectivity index (χ4v) is 5.29. The maximum atomic E-state index is 13.3. The molecule has 1 atom stereocenters. The van der Waals surface area contributed by atoms with Crippen molar-refractivity contribution >= 4 is 46.7 Å². The van der Waals surface area contributed by atoms with E-state index < -0.39 is 23.8 Å². The first kappa shape index (κ1) is 28.2. The number of anilines is 2. The summed E-state index contributed by atoms with van der Waals surface area (Å²) in [6.45, 7) is 5.83. The molecule has 13 nitrogen and oxygen atoms in total. The van der Waals surface area contributed by atoms with Crippen molar-refractivity contribution in [1.82, 2.24) is 30.0 Å². The normalized spacial score (nSPS) is 17.5. The third-order valence-electron chi connectivity index (χ3n) is 7.40. The molecule has 0 bridgehead atoms. The van der Waals surface area contributed by atoms with Crippen LogP contribution in [0.25, 0.3) is 5.69 Å². The molecule has 0 spiro atoms. The van der Waals surface area contributed by atoms with Crippen LogP contribution in [0.4, 0.5) is 11.4 Å². The van der Waals surface area contributed by atoms with E-state index in [1.54, 1.807) is 41.3 Å². The minimum atomic E-state index is -1.26. The number of piperazine rings is 2. The van der Waals surface area contributed by atoms with Crippen molar-refractivity contribution in [2.45, 2.75) is 32.4 Å². The summed E-state index contributed by atoms with van der Waals surface area (Å²) in [5.74, 6) is -3.03. The van der Waals surface area contributed by atoms with Crippen LogP contribution in [0, 0.1) is 0 Å². The topological polar surface area (TPSA) is 145 Å². The summed E-state index contributed by atoms with van der Waals surface area (Å²) in [6, 6.07) is 10.9. The quantitative estimate of drug-likeness (QED) is 0.389. The zero-order valence-corrected chi connectivity index (χ0v) is 23.3. The smallest absolute Gasteiger partial charge is 0.326 e. The van der Waals surface area contributed by atoms with Gasteiger partial charge in [0.2, 0.25) is 5.91 Å². The number of halogens is 1. The molecule has 0 aliphatic carbocycles. The second-order valence-electron chi connectivity index (χ2n) is 10.2. The molecule has 3 heterocycles. The van der Waals surface area contributed by atoms with Gasteiger partial charge in [-0.05, 0) is 60.2 Å². The molecule has 1 N–H and O–H groups in total. The van der Waals surface area contributed by atoms with E-state index in [1.807, 2.05) is 0 Å². The zero-order valence-electron chi connectivity index (χ0n) is 22.6. The maximum Gasteiger partial charge on any atom is 0.326 e. The maximum absolute atomic E-state index is 13.3. The van der Waals surface area contributed by atoms with Crippen LogP contribution < -0.4 is 9.80 Å². The van der Waals surface area contributed by atoms with Gasteiger partial charge in [-0.15, -0.1) is 5.10 Å². The molecule has 2 aromatic carbocycles. The van der Waals surface area contributed by atoms with E-state index in [2.05, 4.69) is 34.3 Å². The van der Waals surface area contributed by atoms with Gasteiger partial charge in [-0.2, -0.15) is 4.68 Å². The van der Waals surface area contributed by atoms with Gasteiger partial charge in [-0.25, -0.2) is 4.79 Å². The lowest BCUT2D eigenvalue weighted by Crippen LogP contribution is -2.59. The van der Waals surface area contributed by atoms with E-state index in [0.717, 1.165) is 17.1 Å². The van der Waals surface area contributed by atoms with Gasteiger partial charge in [0.1, 0.15) is 12.4 Å². The van der Waals surface area contributed by atoms with E-state index in [1.165, 1.54) is 22.0 Å². The predicted octanol–water partition coefficient (Wildman–Crippen LogP) is 1.24. The van der Waals surface area contributed by atoms with Gasteiger partial charge in [0, 0.05) is 49.4 Å². The Balaban J connectivity index is 1.30. The molecule has 41 heavy (non-hydrogen) atoms. The first-order chi connectivity index (χ1) is 19.6. The van der Waals surface area contributed by atoms with Crippen LogP contribution in [-0.2, 0) is 25.6 Å². The molecule has 2 fully saturated rings. The van der Waals surface area contributed by atoms with Crippen molar-refractivity contribution in [3.63, 3.8) is 0 Å². The minimum absolute atomic E-state index is 0.00323. The largest absolute Gasteiger partial charge is 0.480 e. The summed E-state index contributed by atoms with van der Waals surface area (Å²) in [5.41, 5.74) is 2.16. The number of tetrazole rings is 1. The van der Waals surface area contributed by atoms with Crippen molar-refractivity contribution in [3.05, 3.63) is 59.4 Å². The molecule has 0 saturated carbocycles. The van der Waals surface area contributed by atoms with Gasteiger partial charge in [-0.1, -0.05) is 23.7 Å². The Labute approximate surface area is 240 Å². The average molecular weight is 581 g/mol. The number of hydrogen-bond donors (Lipinski definition) is 1. The number of carbonyl (C=O) groups is 4. The standard InChI is InChI=1S/C27H29ClN8O5/c1-17(2)32-9-10-33(24(37)15-32)20-6-3-18(4-7-20)13-23(27(40)41)35-12-11-34(25(38)26(35)39)22-14-19(28)5-8-21(22)36-16-29-30-31-36/h3-8,14,16-17,23H,9-13,15H2,1-2H3,(H,40,41)/t23-/m0/s1. The number of rotatable bonds is 8. The summed E-state index contributed by atoms with van der Waals surface area (Å²) < 4.78 is 1.34. The predicted molar refractivity (Wildman–Crippen MR) is 149 cm³/mol. The van der Waals surface area contributed by atoms with E-state index in [4.69, 9.17) is 11.6 Å². The summed E-state index contributed by atoms with van der Waals surface area (Å²) >= 11 is 6.18. The van der Waals surface area contributed by atoms with Crippen LogP contribution in [0.15, 0.2) is 48.8 Å². The fourth-order valence-electron chi connectivity index (χ4n) is 5.13. The van der Waals surface area contributed by atoms with E-state index in [0.29, 0.717) is 35.1 Å². The Bertz CT molecular complexity index is 1460. The first-order valence-electron chi connectivity index (χ1n) is 13.2. The molecule has 214 valence electrons. The number of amides is 3. The average Bonchev–Trinajstić information content (AvgIpc) is 3.48. The Morgan fingerprint density at radius 2 is 1.68 bits per heavy atom. The lowest BCUT2D eigenvalue weighted by Gasteiger charge is -2.37. The van der Waals surface area contributed by atoms with Crippen LogP contribution in [0.2, 0.25) is 5.02 Å². The monoisotopic (exact) mass is 580 g/mol. The number of carbonyl (C=O) groups excluding carboxylic acids is 3. The van der Waals surface area contributed by atoms with Crippen molar-refractivity contribution in [2.75, 3.05) is 42.5 Å². The summed E-state index contributed by atoms with van der Waals surface area (Å²) in [5, 5.41) is 21.5. The lowest BCUT2D eigenvalue weighted by molar-refractivity contribution is -0.155. The van der Waals surface area contributed by atoms with Crippen molar-refractivity contribution in [1.29, 1.82) is 0 Å². The van der Waals surface area contributed by atoms with E-state index >= 15 is 0 Å². The number of hydrogen-bond acceptors (Lipinski definition) is 8. The molecule has 0 unspecified atom stereocenters. The Morgan fingerprint density at radius 1 is 0.951 bits per heavy atom. The second-order valence-corrected chi connectivity index (χ2v) is 10.6. The Morgan fingerprint density at radius 3 is 2.32 bits per heavy atom. The molecular formula is C27H29ClN8O5. The molecule has 1 aromatic heterocycles. The molecule has 3 amide bonds. The van der Waals surface area contributed by atoms with Gasteiger partial charge in [0.05, 0.1) is 17.9 Å². The number of carboxylic acid groups (broad SMARTS) is 1. The summed E-state index contributed by atoms with van der Waals surface area (Å²) in [7, 11) is 0. The van der Waals surface area contributed by atoms with Crippen LogP contribution >= 0.6 is 11.6 Å². The van der Waals surface area contributed by atoms with Crippen LogP contribution in [-0.4, -0.2) is 104 Å². The minimum Gasteiger partial charge on any atom is -0.480 e. The SMILES string of the molecule is CC(C)N1CCN(c2ccc(C[C@@H](C(=O)O)N3CCN(c4cc(Cl)ccc4-n4cnnn4)C(=O)C3=O)cc2)C(=O)C1. The van der Waals surface area contributed by atoms with Crippen molar-refractivity contribution in [2.24, 2.45) is 0 Å². The molecule has 5 rings (SSSR count). The summed E-state index contributed by atoms with van der Waals surface area (Å²) in [4.78, 5) is 57.6. The molecule has 2 aliphatic heterocycles. The molecule has 3 aromatic rings. The highest BCUT2D eigenvalue weighted by Gasteiger charge is 2.40. The van der Waals surface area contributed by atoms with Crippen molar-refractivity contribution in [3.8, 4) is 5.69 Å². The highest BCUT2D eigenvalue weighted by molar-refractivity contribution is 6.41. The Kier molecular flexibility index (Phi) is 7.99. The molecule has 0 radical (unpaired) electrons. The van der Waals surface area contributed by atoms with E-state index in [9.17, 15) is 24.3 Å². The van der Waals surface area contributed by atoms with Crippen LogP contribution in [0.3, 0.4) is 0 Å². The first-order valence-corrected chi connectivity index (χ1v) is 13.5. The fraction of sp³-hybridized carbons (Fsp3) is 0.370. The summed E-state index contributed by atoms with van der Waals surface area (Å²) in [6.07, 6.45) is 1.35. The number of aromatic nitrogens is 4. The highest BCUT2D eigenvalue weighted by atomic mass is 35.5. The number of benzene rings is 2. The van der Waals surface area contributed by atoms with Crippen molar-refractivity contribution < 1.29 is 24.3 Å². The van der Waals surface area contributed by atoms with Gasteiger partial charge < -0.3 is 19.8 Å². The zero-order chi connectivity index (χ0) is 29.3. The second kappa shape index (κ2) is 11.6. The van der Waals surface area contributed by atoms with Gasteiger partial charge >= 0.3 is 17.8 Å². The third-order valence-corrected chi connectivity index (χ3v) is 7.63. The van der Waals surface area contributed by atoms with E-state index in [-0.39, 0.29) is 31.5 Å². The van der Waals surface area contributed by atoms with Crippen LogP contribution in [0.1, 0.15) is 19.4 Å². The molecule has 2 aliphatic rings. The Hall–Kier alpha value is -4.36. The molecule has 14 heteroatoms. The van der Waals surface area contributed by atoms with Gasteiger partial charge in [0.15, 0.2) is 0 Å². The lowest BCUT2D eigenvalue weighted by atomic mass is 10.0. The van der Waals surface area contributed by atoms with Gasteiger partial charge in [-0.3, -0.25) is 19.3 Å². The third kappa shape index (κ3) is 5.77. The number of carboxylic acids is 1. The van der Waals surface area contributed by atoms with Gasteiger partial charge in [0.25, 0.3) is 0 Å². The molecule has 2 saturated heterocycles. The number of nitrogens with zero attached hydrogens (tertiary/aromatic N) is 8. The van der Waals surface area contributed by atoms with Crippen LogP contribution in [0.5, 0.6) is 0 Å². The number of aliphatic carboxylic acids is 1. The highest BCUT2D eigenvalue weighted by Crippen LogP contribution is 2.30.